The Labute approximate surface area is 164 Å². The van der Waals surface area contributed by atoms with Gasteiger partial charge in [0.05, 0.1) is 0 Å². The van der Waals surface area contributed by atoms with E-state index in [-0.39, 0.29) is 0 Å². The first-order chi connectivity index (χ1) is 12.9. The van der Waals surface area contributed by atoms with Crippen LogP contribution in [-0.4, -0.2) is 0 Å². The fourth-order valence-corrected chi connectivity index (χ4v) is 8.33. The van der Waals surface area contributed by atoms with Crippen molar-refractivity contribution in [1.82, 2.24) is 0 Å². The molecule has 4 saturated carbocycles. The maximum atomic E-state index is 2.34. The molecule has 0 amide bonds. The Morgan fingerprint density at radius 2 is 1.19 bits per heavy atom. The molecule has 4 rings (SSSR count). The van der Waals surface area contributed by atoms with E-state index in [0.717, 1.165) is 41.4 Å². The highest BCUT2D eigenvalue weighted by molar-refractivity contribution is 5.00. The molecule has 0 nitrogen and oxygen atoms in total. The summed E-state index contributed by atoms with van der Waals surface area (Å²) in [5, 5.41) is 0. The van der Waals surface area contributed by atoms with E-state index in [2.05, 4.69) is 6.92 Å². The molecule has 4 aliphatic rings. The molecule has 150 valence electrons. The summed E-state index contributed by atoms with van der Waals surface area (Å²) in [4.78, 5) is 0. The third kappa shape index (κ3) is 4.20. The van der Waals surface area contributed by atoms with Crippen molar-refractivity contribution in [1.29, 1.82) is 0 Å². The molecule has 26 heavy (non-hydrogen) atoms. The first-order valence-corrected chi connectivity index (χ1v) is 12.9. The van der Waals surface area contributed by atoms with Crippen LogP contribution in [0.15, 0.2) is 0 Å². The largest absolute Gasteiger partial charge is 0.0654 e. The topological polar surface area (TPSA) is 0 Å². The molecule has 0 heteroatoms. The Morgan fingerprint density at radius 1 is 0.538 bits per heavy atom. The fraction of sp³-hybridized carbons (Fsp3) is 1.00. The maximum Gasteiger partial charge on any atom is -0.0349 e. The van der Waals surface area contributed by atoms with Gasteiger partial charge in [0.1, 0.15) is 0 Å². The standard InChI is InChI=1S/C26H46/c1-2-3-4-5-6-7-13-21-19-26-22-14-9-8-12-20(22)17-18-25(26)24-16-11-10-15-23(21)24/h20-26H,2-19H2,1H3. The second-order valence-electron chi connectivity index (χ2n) is 10.8. The van der Waals surface area contributed by atoms with Gasteiger partial charge in [0.2, 0.25) is 0 Å². The van der Waals surface area contributed by atoms with Gasteiger partial charge >= 0.3 is 0 Å². The zero-order valence-corrected chi connectivity index (χ0v) is 17.8. The first kappa shape index (κ1) is 19.3. The van der Waals surface area contributed by atoms with Crippen LogP contribution in [0, 0.1) is 41.4 Å². The smallest absolute Gasteiger partial charge is 0.0349 e. The second kappa shape index (κ2) is 9.47. The van der Waals surface area contributed by atoms with E-state index in [9.17, 15) is 0 Å². The molecule has 0 aromatic carbocycles. The Morgan fingerprint density at radius 3 is 2.04 bits per heavy atom. The van der Waals surface area contributed by atoms with Crippen LogP contribution >= 0.6 is 0 Å². The summed E-state index contributed by atoms with van der Waals surface area (Å²) < 4.78 is 0. The van der Waals surface area contributed by atoms with E-state index in [1.807, 2.05) is 0 Å². The van der Waals surface area contributed by atoms with E-state index in [1.165, 1.54) is 32.1 Å². The van der Waals surface area contributed by atoms with E-state index < -0.39 is 0 Å². The van der Waals surface area contributed by atoms with Crippen molar-refractivity contribution in [2.75, 3.05) is 0 Å². The minimum Gasteiger partial charge on any atom is -0.0654 e. The molecule has 4 aliphatic carbocycles. The molecule has 0 saturated heterocycles. The van der Waals surface area contributed by atoms with Gasteiger partial charge in [-0.15, -0.1) is 0 Å². The van der Waals surface area contributed by atoms with Crippen LogP contribution in [-0.2, 0) is 0 Å². The van der Waals surface area contributed by atoms with Gasteiger partial charge in [0.15, 0.2) is 0 Å². The molecular formula is C26H46. The van der Waals surface area contributed by atoms with Crippen LogP contribution in [0.3, 0.4) is 0 Å². The average Bonchev–Trinajstić information content (AvgIpc) is 2.70. The van der Waals surface area contributed by atoms with E-state index in [4.69, 9.17) is 0 Å². The number of rotatable bonds is 7. The van der Waals surface area contributed by atoms with Crippen molar-refractivity contribution >= 4 is 0 Å². The summed E-state index contributed by atoms with van der Waals surface area (Å²) in [6.07, 6.45) is 28.0. The quantitative estimate of drug-likeness (QED) is 0.401. The molecule has 0 radical (unpaired) electrons. The predicted molar refractivity (Wildman–Crippen MR) is 113 cm³/mol. The third-order valence-electron chi connectivity index (χ3n) is 9.47. The number of hydrogen-bond donors (Lipinski definition) is 0. The van der Waals surface area contributed by atoms with Gasteiger partial charge in [-0.25, -0.2) is 0 Å². The van der Waals surface area contributed by atoms with Crippen molar-refractivity contribution in [2.24, 2.45) is 41.4 Å². The summed E-state index contributed by atoms with van der Waals surface area (Å²) in [5.74, 6) is 8.00. The normalized spacial score (nSPS) is 42.6. The Kier molecular flexibility index (Phi) is 7.04. The SMILES string of the molecule is CCCCCCCCC1CC2C3CCCCC3CCC2C2CCCCC12. The molecule has 0 aromatic heterocycles. The summed E-state index contributed by atoms with van der Waals surface area (Å²) in [6, 6.07) is 0. The lowest BCUT2D eigenvalue weighted by atomic mass is 9.49. The molecular weight excluding hydrogens is 312 g/mol. The van der Waals surface area contributed by atoms with Crippen LogP contribution in [0.5, 0.6) is 0 Å². The highest BCUT2D eigenvalue weighted by Gasteiger charge is 2.50. The van der Waals surface area contributed by atoms with Gasteiger partial charge in [-0.1, -0.05) is 84.0 Å². The monoisotopic (exact) mass is 358 g/mol. The Balaban J connectivity index is 1.37. The lowest BCUT2D eigenvalue weighted by Crippen LogP contribution is -2.48. The second-order valence-corrected chi connectivity index (χ2v) is 10.8. The highest BCUT2D eigenvalue weighted by atomic mass is 14.6. The minimum absolute atomic E-state index is 1.12. The zero-order valence-electron chi connectivity index (χ0n) is 17.8. The van der Waals surface area contributed by atoms with Crippen molar-refractivity contribution < 1.29 is 0 Å². The van der Waals surface area contributed by atoms with Gasteiger partial charge in [0, 0.05) is 0 Å². The fourth-order valence-electron chi connectivity index (χ4n) is 8.33. The molecule has 4 fully saturated rings. The highest BCUT2D eigenvalue weighted by Crippen LogP contribution is 2.59. The van der Waals surface area contributed by atoms with Crippen LogP contribution in [0.4, 0.5) is 0 Å². The summed E-state index contributed by atoms with van der Waals surface area (Å²) in [6.45, 7) is 2.34. The van der Waals surface area contributed by atoms with E-state index in [1.54, 1.807) is 83.5 Å². The Bertz CT molecular complexity index is 412. The Hall–Kier alpha value is 0. The molecule has 0 aromatic rings. The molecule has 7 unspecified atom stereocenters. The lowest BCUT2D eigenvalue weighted by molar-refractivity contribution is -0.0710. The van der Waals surface area contributed by atoms with Crippen molar-refractivity contribution in [2.45, 2.75) is 122 Å². The third-order valence-corrected chi connectivity index (χ3v) is 9.47. The number of hydrogen-bond acceptors (Lipinski definition) is 0. The van der Waals surface area contributed by atoms with Crippen molar-refractivity contribution in [3.63, 3.8) is 0 Å². The van der Waals surface area contributed by atoms with Gasteiger partial charge in [0.25, 0.3) is 0 Å². The van der Waals surface area contributed by atoms with Crippen LogP contribution in [0.2, 0.25) is 0 Å². The number of fused-ring (bicyclic) bond motifs is 5. The van der Waals surface area contributed by atoms with E-state index >= 15 is 0 Å². The van der Waals surface area contributed by atoms with Crippen LogP contribution < -0.4 is 0 Å². The van der Waals surface area contributed by atoms with Gasteiger partial charge < -0.3 is 0 Å². The lowest BCUT2D eigenvalue weighted by Gasteiger charge is -2.57. The minimum atomic E-state index is 1.12. The molecule has 7 atom stereocenters. The molecule has 0 heterocycles. The maximum absolute atomic E-state index is 2.34. The molecule has 0 aliphatic heterocycles. The van der Waals surface area contributed by atoms with E-state index in [0.29, 0.717) is 0 Å². The average molecular weight is 359 g/mol. The van der Waals surface area contributed by atoms with Gasteiger partial charge in [-0.3, -0.25) is 0 Å². The summed E-state index contributed by atoms with van der Waals surface area (Å²) >= 11 is 0. The van der Waals surface area contributed by atoms with Crippen LogP contribution in [0.25, 0.3) is 0 Å². The predicted octanol–water partition coefficient (Wildman–Crippen LogP) is 8.40. The first-order valence-electron chi connectivity index (χ1n) is 12.9. The van der Waals surface area contributed by atoms with Crippen molar-refractivity contribution in [3.05, 3.63) is 0 Å². The molecule has 0 N–H and O–H groups in total. The molecule has 0 bridgehead atoms. The summed E-state index contributed by atoms with van der Waals surface area (Å²) in [5.41, 5.74) is 0. The molecule has 0 spiro atoms. The number of unbranched alkanes of at least 4 members (excludes halogenated alkanes) is 5. The summed E-state index contributed by atoms with van der Waals surface area (Å²) in [7, 11) is 0. The van der Waals surface area contributed by atoms with Gasteiger partial charge in [-0.2, -0.15) is 0 Å². The van der Waals surface area contributed by atoms with Gasteiger partial charge in [-0.05, 0) is 80.0 Å². The zero-order chi connectivity index (χ0) is 17.8. The van der Waals surface area contributed by atoms with Crippen LogP contribution in [0.1, 0.15) is 122 Å². The van der Waals surface area contributed by atoms with Crippen molar-refractivity contribution in [3.8, 4) is 0 Å².